The lowest BCUT2D eigenvalue weighted by Gasteiger charge is -2.26. The zero-order valence-electron chi connectivity index (χ0n) is 19.6. The highest BCUT2D eigenvalue weighted by Gasteiger charge is 2.36. The molecule has 32 heavy (non-hydrogen) atoms. The second-order valence-corrected chi connectivity index (χ2v) is 9.29. The van der Waals surface area contributed by atoms with Crippen LogP contribution in [0.5, 0.6) is 11.6 Å². The Hall–Kier alpha value is -1.89. The van der Waals surface area contributed by atoms with Crippen molar-refractivity contribution >= 4 is 10.9 Å². The van der Waals surface area contributed by atoms with E-state index in [-0.39, 0.29) is 5.88 Å². The van der Waals surface area contributed by atoms with Gasteiger partial charge in [-0.1, -0.05) is 18.9 Å². The molecule has 0 amide bonds. The van der Waals surface area contributed by atoms with Gasteiger partial charge in [-0.15, -0.1) is 0 Å². The van der Waals surface area contributed by atoms with E-state index in [9.17, 15) is 5.11 Å². The minimum Gasteiger partial charge on any atom is -0.493 e. The number of benzene rings is 1. The maximum Gasteiger partial charge on any atom is 0.218 e. The number of ether oxygens (including phenoxy) is 3. The van der Waals surface area contributed by atoms with Crippen molar-refractivity contribution in [2.75, 3.05) is 46.6 Å². The molecule has 1 unspecified atom stereocenters. The van der Waals surface area contributed by atoms with Crippen LogP contribution in [0.3, 0.4) is 0 Å². The quantitative estimate of drug-likeness (QED) is 0.489. The van der Waals surface area contributed by atoms with Gasteiger partial charge in [0.1, 0.15) is 5.75 Å². The number of morpholine rings is 1. The Kier molecular flexibility index (Phi) is 8.22. The lowest BCUT2D eigenvalue weighted by atomic mass is 10.0. The first kappa shape index (κ1) is 23.3. The smallest absolute Gasteiger partial charge is 0.218 e. The van der Waals surface area contributed by atoms with Crippen LogP contribution in [0, 0.1) is 12.8 Å². The van der Waals surface area contributed by atoms with Gasteiger partial charge in [-0.25, -0.2) is 4.98 Å². The molecule has 176 valence electrons. The largest absolute Gasteiger partial charge is 0.493 e. The summed E-state index contributed by atoms with van der Waals surface area (Å²) in [6.07, 6.45) is 8.08. The Bertz CT molecular complexity index is 882. The summed E-state index contributed by atoms with van der Waals surface area (Å²) < 4.78 is 17.2. The van der Waals surface area contributed by atoms with E-state index < -0.39 is 0 Å². The number of aryl methyl sites for hydroxylation is 1. The zero-order valence-corrected chi connectivity index (χ0v) is 19.6. The molecule has 1 aromatic heterocycles. The number of rotatable bonds is 12. The van der Waals surface area contributed by atoms with Crippen molar-refractivity contribution in [3.8, 4) is 11.6 Å². The second kappa shape index (κ2) is 11.3. The molecular weight excluding hydrogens is 404 g/mol. The summed E-state index contributed by atoms with van der Waals surface area (Å²) in [6, 6.07) is 6.18. The zero-order chi connectivity index (χ0) is 22.3. The minimum absolute atomic E-state index is 0.118. The fourth-order valence-electron chi connectivity index (χ4n) is 4.75. The van der Waals surface area contributed by atoms with Crippen molar-refractivity contribution in [3.63, 3.8) is 0 Å². The summed E-state index contributed by atoms with van der Waals surface area (Å²) in [5, 5.41) is 11.7. The van der Waals surface area contributed by atoms with Crippen molar-refractivity contribution < 1.29 is 19.3 Å². The van der Waals surface area contributed by atoms with Gasteiger partial charge in [-0.05, 0) is 62.6 Å². The van der Waals surface area contributed by atoms with E-state index in [1.54, 1.807) is 0 Å². The summed E-state index contributed by atoms with van der Waals surface area (Å²) in [7, 11) is 1.81. The third-order valence-corrected chi connectivity index (χ3v) is 6.80. The Balaban J connectivity index is 1.37. The van der Waals surface area contributed by atoms with Crippen molar-refractivity contribution in [3.05, 3.63) is 29.3 Å². The van der Waals surface area contributed by atoms with E-state index in [1.807, 2.05) is 20.1 Å². The fraction of sp³-hybridized carbons (Fsp3) is 0.654. The van der Waals surface area contributed by atoms with Crippen LogP contribution in [0.2, 0.25) is 0 Å². The number of pyridine rings is 1. The fourth-order valence-corrected chi connectivity index (χ4v) is 4.75. The predicted molar refractivity (Wildman–Crippen MR) is 127 cm³/mol. The molecule has 0 spiro atoms. The van der Waals surface area contributed by atoms with Gasteiger partial charge >= 0.3 is 0 Å². The molecule has 1 saturated heterocycles. The molecule has 2 aliphatic rings. The highest BCUT2D eigenvalue weighted by atomic mass is 16.5. The average Bonchev–Trinajstić information content (AvgIpc) is 3.56. The first-order valence-electron chi connectivity index (χ1n) is 12.2. The van der Waals surface area contributed by atoms with Crippen molar-refractivity contribution in [1.29, 1.82) is 0 Å². The molecule has 6 heteroatoms. The first-order chi connectivity index (χ1) is 15.7. The highest BCUT2D eigenvalue weighted by Crippen LogP contribution is 2.38. The summed E-state index contributed by atoms with van der Waals surface area (Å²) in [6.45, 7) is 7.32. The van der Waals surface area contributed by atoms with Crippen LogP contribution in [0.1, 0.15) is 49.7 Å². The number of aromatic hydroxyl groups is 1. The van der Waals surface area contributed by atoms with Crippen molar-refractivity contribution in [2.24, 2.45) is 5.92 Å². The average molecular weight is 443 g/mol. The number of aromatic nitrogens is 1. The molecule has 1 aromatic carbocycles. The van der Waals surface area contributed by atoms with Crippen molar-refractivity contribution in [2.45, 2.75) is 58.0 Å². The van der Waals surface area contributed by atoms with Gasteiger partial charge in [0.25, 0.3) is 0 Å². The van der Waals surface area contributed by atoms with E-state index in [2.05, 4.69) is 22.0 Å². The maximum absolute atomic E-state index is 10.7. The Morgan fingerprint density at radius 2 is 2.00 bits per heavy atom. The molecule has 1 N–H and O–H groups in total. The second-order valence-electron chi connectivity index (χ2n) is 9.29. The Morgan fingerprint density at radius 1 is 1.16 bits per heavy atom. The van der Waals surface area contributed by atoms with Crippen LogP contribution < -0.4 is 4.74 Å². The van der Waals surface area contributed by atoms with Gasteiger partial charge in [-0.2, -0.15) is 0 Å². The molecule has 2 aromatic rings. The molecule has 1 saturated carbocycles. The Morgan fingerprint density at radius 3 is 2.78 bits per heavy atom. The molecule has 0 radical (unpaired) electrons. The number of fused-ring (bicyclic) bond motifs is 1. The van der Waals surface area contributed by atoms with Gasteiger partial charge in [0.15, 0.2) is 0 Å². The molecule has 1 aliphatic heterocycles. The van der Waals surface area contributed by atoms with Crippen LogP contribution in [0.25, 0.3) is 10.9 Å². The summed E-state index contributed by atoms with van der Waals surface area (Å²) in [5.41, 5.74) is 2.78. The molecule has 1 aliphatic carbocycles. The van der Waals surface area contributed by atoms with E-state index in [1.165, 1.54) is 19.3 Å². The number of hydrogen-bond donors (Lipinski definition) is 1. The summed E-state index contributed by atoms with van der Waals surface area (Å²) in [5.74, 6) is 1.69. The molecule has 2 heterocycles. The Labute approximate surface area is 191 Å². The van der Waals surface area contributed by atoms with Crippen LogP contribution in [0.4, 0.5) is 0 Å². The predicted octanol–water partition coefficient (Wildman–Crippen LogP) is 4.49. The summed E-state index contributed by atoms with van der Waals surface area (Å²) in [4.78, 5) is 6.92. The number of nitrogens with zero attached hydrogens (tertiary/aromatic N) is 2. The molecule has 0 bridgehead atoms. The van der Waals surface area contributed by atoms with Crippen LogP contribution >= 0.6 is 0 Å². The lowest BCUT2D eigenvalue weighted by Crippen LogP contribution is -2.37. The van der Waals surface area contributed by atoms with Gasteiger partial charge in [-0.3, -0.25) is 4.90 Å². The third kappa shape index (κ3) is 6.12. The SMILES string of the molecule is CO[C@@H]1CC1CCCCCc1c(O)nc2cc(C)ccc2c1OCCCN1CCOCC1. The van der Waals surface area contributed by atoms with E-state index in [4.69, 9.17) is 14.2 Å². The molecule has 2 atom stereocenters. The van der Waals surface area contributed by atoms with Gasteiger partial charge < -0.3 is 19.3 Å². The normalized spacial score (nSPS) is 21.2. The molecule has 2 fully saturated rings. The molecular formula is C26H38N2O4. The van der Waals surface area contributed by atoms with Gasteiger partial charge in [0.05, 0.1) is 37.0 Å². The molecule has 6 nitrogen and oxygen atoms in total. The summed E-state index contributed by atoms with van der Waals surface area (Å²) >= 11 is 0. The maximum atomic E-state index is 10.7. The van der Waals surface area contributed by atoms with Crippen LogP contribution in [0.15, 0.2) is 18.2 Å². The van der Waals surface area contributed by atoms with Crippen molar-refractivity contribution in [1.82, 2.24) is 9.88 Å². The van der Waals surface area contributed by atoms with Crippen LogP contribution in [-0.4, -0.2) is 67.7 Å². The topological polar surface area (TPSA) is 64.0 Å². The van der Waals surface area contributed by atoms with E-state index in [0.717, 1.165) is 92.2 Å². The van der Waals surface area contributed by atoms with Gasteiger partial charge in [0.2, 0.25) is 5.88 Å². The van der Waals surface area contributed by atoms with E-state index >= 15 is 0 Å². The number of unbranched alkanes of at least 4 members (excludes halogenated alkanes) is 2. The minimum atomic E-state index is 0.118. The number of methoxy groups -OCH3 is 1. The lowest BCUT2D eigenvalue weighted by molar-refractivity contribution is 0.0358. The monoisotopic (exact) mass is 442 g/mol. The standard InChI is InChI=1S/C26H38N2O4/c1-19-9-10-21-23(17-19)27-26(29)22(8-5-3-4-7-20-18-24(20)30-2)25(21)32-14-6-11-28-12-15-31-16-13-28/h9-10,17,20,24H,3-8,11-16,18H2,1-2H3,(H,27,29)/t20?,24-/m1/s1. The van der Waals surface area contributed by atoms with Gasteiger partial charge in [0, 0.05) is 32.1 Å². The molecule has 4 rings (SSSR count). The number of hydrogen-bond acceptors (Lipinski definition) is 6. The first-order valence-corrected chi connectivity index (χ1v) is 12.2. The van der Waals surface area contributed by atoms with Crippen LogP contribution in [-0.2, 0) is 15.9 Å². The third-order valence-electron chi connectivity index (χ3n) is 6.80. The highest BCUT2D eigenvalue weighted by molar-refractivity contribution is 5.88. The van der Waals surface area contributed by atoms with E-state index in [0.29, 0.717) is 12.7 Å².